The highest BCUT2D eigenvalue weighted by Gasteiger charge is 2.24. The van der Waals surface area contributed by atoms with Crippen molar-refractivity contribution >= 4 is 48.5 Å². The number of anilines is 1. The Kier molecular flexibility index (Phi) is 4.29. The molecule has 1 aromatic carbocycles. The number of thiazole rings is 1. The number of pyridine rings is 1. The van der Waals surface area contributed by atoms with Gasteiger partial charge in [0.2, 0.25) is 5.76 Å². The van der Waals surface area contributed by atoms with Gasteiger partial charge in [0.25, 0.3) is 5.91 Å². The molecule has 3 aromatic heterocycles. The molecule has 0 unspecified atom stereocenters. The van der Waals surface area contributed by atoms with Crippen LogP contribution in [-0.2, 0) is 6.54 Å². The van der Waals surface area contributed by atoms with Gasteiger partial charge < -0.3 is 4.52 Å². The molecule has 4 aromatic rings. The van der Waals surface area contributed by atoms with Crippen LogP contribution in [0.2, 0.25) is 0 Å². The summed E-state index contributed by atoms with van der Waals surface area (Å²) in [5.74, 6) is -0.141. The molecule has 0 fully saturated rings. The highest BCUT2D eigenvalue weighted by Crippen LogP contribution is 2.32. The molecule has 0 saturated heterocycles. The van der Waals surface area contributed by atoms with Crippen molar-refractivity contribution in [2.24, 2.45) is 0 Å². The van der Waals surface area contributed by atoms with Crippen LogP contribution in [0.25, 0.3) is 10.2 Å². The van der Waals surface area contributed by atoms with Gasteiger partial charge in [-0.25, -0.2) is 4.98 Å². The number of amides is 1. The summed E-state index contributed by atoms with van der Waals surface area (Å²) in [6.45, 7) is 0.293. The molecule has 0 aliphatic rings. The fraction of sp³-hybridized carbons (Fsp3) is 0.0588. The minimum Gasteiger partial charge on any atom is -0.351 e. The minimum absolute atomic E-state index is 0.163. The summed E-state index contributed by atoms with van der Waals surface area (Å²) < 4.78 is 6.99. The Balaban J connectivity index is 1.76. The first-order chi connectivity index (χ1) is 12.2. The molecular weight excluding hydrogens is 404 g/mol. The number of fused-ring (bicyclic) bond motifs is 1. The number of carbonyl (C=O) groups excluding carboxylic acids is 1. The number of rotatable bonds is 4. The van der Waals surface area contributed by atoms with Crippen molar-refractivity contribution in [2.45, 2.75) is 6.54 Å². The fourth-order valence-electron chi connectivity index (χ4n) is 2.34. The molecule has 0 aliphatic heterocycles. The van der Waals surface area contributed by atoms with Gasteiger partial charge in [-0.05, 0) is 30.3 Å². The van der Waals surface area contributed by atoms with Crippen LogP contribution in [0.15, 0.2) is 63.9 Å². The zero-order chi connectivity index (χ0) is 17.2. The standard InChI is InChI=1S/C17H11BrN4O2S/c18-11-4-5-13-15(9-11)25-17(21-13)22(10-12-3-1-2-7-19-12)16(23)14-6-8-20-24-14/h1-9H,10H2. The van der Waals surface area contributed by atoms with Gasteiger partial charge >= 0.3 is 0 Å². The first-order valence-electron chi connectivity index (χ1n) is 7.39. The van der Waals surface area contributed by atoms with E-state index in [2.05, 4.69) is 31.1 Å². The summed E-state index contributed by atoms with van der Waals surface area (Å²) in [7, 11) is 0. The van der Waals surface area contributed by atoms with Gasteiger partial charge in [-0.2, -0.15) is 0 Å². The van der Waals surface area contributed by atoms with Crippen LogP contribution in [-0.4, -0.2) is 21.0 Å². The maximum atomic E-state index is 12.9. The molecule has 1 amide bonds. The van der Waals surface area contributed by atoms with Gasteiger partial charge in [0, 0.05) is 16.7 Å². The normalized spacial score (nSPS) is 10.9. The molecule has 0 radical (unpaired) electrons. The number of aromatic nitrogens is 3. The highest BCUT2D eigenvalue weighted by molar-refractivity contribution is 9.10. The van der Waals surface area contributed by atoms with Crippen LogP contribution >= 0.6 is 27.3 Å². The van der Waals surface area contributed by atoms with Gasteiger partial charge in [0.1, 0.15) is 0 Å². The lowest BCUT2D eigenvalue weighted by molar-refractivity contribution is 0.0949. The van der Waals surface area contributed by atoms with Crippen molar-refractivity contribution in [2.75, 3.05) is 4.90 Å². The number of halogens is 1. The summed E-state index contributed by atoms with van der Waals surface area (Å²) in [6, 6.07) is 12.9. The molecule has 25 heavy (non-hydrogen) atoms. The van der Waals surface area contributed by atoms with E-state index in [1.807, 2.05) is 36.4 Å². The Labute approximate surface area is 155 Å². The van der Waals surface area contributed by atoms with Crippen molar-refractivity contribution in [1.82, 2.24) is 15.1 Å². The van der Waals surface area contributed by atoms with E-state index in [-0.39, 0.29) is 11.7 Å². The number of hydrogen-bond acceptors (Lipinski definition) is 6. The van der Waals surface area contributed by atoms with E-state index in [1.54, 1.807) is 11.1 Å². The lowest BCUT2D eigenvalue weighted by Gasteiger charge is -2.17. The maximum Gasteiger partial charge on any atom is 0.299 e. The minimum atomic E-state index is -0.304. The summed E-state index contributed by atoms with van der Waals surface area (Å²) in [5, 5.41) is 4.20. The molecular formula is C17H11BrN4O2S. The SMILES string of the molecule is O=C(c1ccno1)N(Cc1ccccn1)c1nc2ccc(Br)cc2s1. The maximum absolute atomic E-state index is 12.9. The van der Waals surface area contributed by atoms with Crippen molar-refractivity contribution in [3.63, 3.8) is 0 Å². The first kappa shape index (κ1) is 15.9. The number of nitrogens with zero attached hydrogens (tertiary/aromatic N) is 4. The fourth-order valence-corrected chi connectivity index (χ4v) is 3.86. The van der Waals surface area contributed by atoms with Gasteiger partial charge in [-0.1, -0.05) is 38.5 Å². The predicted molar refractivity (Wildman–Crippen MR) is 98.6 cm³/mol. The van der Waals surface area contributed by atoms with Gasteiger partial charge in [0.15, 0.2) is 5.13 Å². The molecule has 4 rings (SSSR count). The van der Waals surface area contributed by atoms with Crippen LogP contribution in [0.1, 0.15) is 16.2 Å². The van der Waals surface area contributed by atoms with E-state index in [0.29, 0.717) is 11.7 Å². The van der Waals surface area contributed by atoms with Gasteiger partial charge in [-0.15, -0.1) is 0 Å². The third-order valence-corrected chi connectivity index (χ3v) is 5.04. The van der Waals surface area contributed by atoms with Crippen LogP contribution in [0, 0.1) is 0 Å². The van der Waals surface area contributed by atoms with Crippen LogP contribution in [0.5, 0.6) is 0 Å². The quantitative estimate of drug-likeness (QED) is 0.497. The molecule has 0 aliphatic carbocycles. The monoisotopic (exact) mass is 414 g/mol. The van der Waals surface area contributed by atoms with E-state index < -0.39 is 0 Å². The van der Waals surface area contributed by atoms with Gasteiger partial charge in [0.05, 0.1) is 28.7 Å². The Hall–Kier alpha value is -2.58. The van der Waals surface area contributed by atoms with Crippen molar-refractivity contribution in [3.05, 3.63) is 70.8 Å². The van der Waals surface area contributed by atoms with Gasteiger partial charge in [-0.3, -0.25) is 14.7 Å². The average molecular weight is 415 g/mol. The number of carbonyl (C=O) groups is 1. The second-order valence-electron chi connectivity index (χ2n) is 5.20. The molecule has 6 nitrogen and oxygen atoms in total. The zero-order valence-electron chi connectivity index (χ0n) is 12.8. The van der Waals surface area contributed by atoms with Crippen molar-refractivity contribution < 1.29 is 9.32 Å². The number of benzene rings is 1. The highest BCUT2D eigenvalue weighted by atomic mass is 79.9. The topological polar surface area (TPSA) is 72.1 Å². The average Bonchev–Trinajstić information content (AvgIpc) is 3.29. The van der Waals surface area contributed by atoms with Crippen molar-refractivity contribution in [3.8, 4) is 0 Å². The lowest BCUT2D eigenvalue weighted by Crippen LogP contribution is -2.30. The summed E-state index contributed by atoms with van der Waals surface area (Å²) in [5.41, 5.74) is 1.59. The summed E-state index contributed by atoms with van der Waals surface area (Å²) in [4.78, 5) is 23.3. The number of hydrogen-bond donors (Lipinski definition) is 0. The molecule has 0 bridgehead atoms. The second kappa shape index (κ2) is 6.73. The van der Waals surface area contributed by atoms with Crippen molar-refractivity contribution in [1.29, 1.82) is 0 Å². The third kappa shape index (κ3) is 3.31. The first-order valence-corrected chi connectivity index (χ1v) is 9.00. The molecule has 3 heterocycles. The van der Waals surface area contributed by atoms with Crippen LogP contribution in [0.3, 0.4) is 0 Å². The second-order valence-corrected chi connectivity index (χ2v) is 7.12. The Morgan fingerprint density at radius 1 is 1.20 bits per heavy atom. The molecule has 124 valence electrons. The van der Waals surface area contributed by atoms with E-state index in [9.17, 15) is 4.79 Å². The zero-order valence-corrected chi connectivity index (χ0v) is 15.2. The van der Waals surface area contributed by atoms with E-state index in [0.717, 1.165) is 20.4 Å². The van der Waals surface area contributed by atoms with Crippen LogP contribution < -0.4 is 4.90 Å². The molecule has 0 saturated carbocycles. The summed E-state index contributed by atoms with van der Waals surface area (Å²) in [6.07, 6.45) is 3.14. The Bertz CT molecular complexity index is 1020. The molecule has 0 spiro atoms. The van der Waals surface area contributed by atoms with Crippen LogP contribution in [0.4, 0.5) is 5.13 Å². The largest absolute Gasteiger partial charge is 0.351 e. The predicted octanol–water partition coefficient (Wildman–Crippen LogP) is 4.29. The van der Waals surface area contributed by atoms with E-state index in [4.69, 9.17) is 4.52 Å². The smallest absolute Gasteiger partial charge is 0.299 e. The Morgan fingerprint density at radius 3 is 2.88 bits per heavy atom. The Morgan fingerprint density at radius 2 is 2.12 bits per heavy atom. The van der Waals surface area contributed by atoms with E-state index in [1.165, 1.54) is 23.6 Å². The molecule has 0 atom stereocenters. The summed E-state index contributed by atoms with van der Waals surface area (Å²) >= 11 is 4.90. The molecule has 8 heteroatoms. The lowest BCUT2D eigenvalue weighted by atomic mass is 10.3. The third-order valence-electron chi connectivity index (χ3n) is 3.51. The molecule has 0 N–H and O–H groups in total. The van der Waals surface area contributed by atoms with E-state index >= 15 is 0 Å².